The molecule has 1 aliphatic rings. The minimum absolute atomic E-state index is 0.0892. The Hall–Kier alpha value is -2.99. The molecule has 2 atom stereocenters. The fourth-order valence-electron chi connectivity index (χ4n) is 3.61. The molecule has 0 saturated heterocycles. The van der Waals surface area contributed by atoms with Crippen molar-refractivity contribution in [2.45, 2.75) is 44.7 Å². The number of anilines is 1. The molecule has 1 aliphatic heterocycles. The lowest BCUT2D eigenvalue weighted by Gasteiger charge is -2.24. The monoisotopic (exact) mass is 394 g/mol. The second-order valence-corrected chi connectivity index (χ2v) is 7.14. The van der Waals surface area contributed by atoms with Crippen molar-refractivity contribution in [3.05, 3.63) is 65.7 Å². The number of ether oxygens (including phenoxy) is 1. The molecule has 1 amide bonds. The SMILES string of the molecule is CCOC(=O)[C@@H]1Cc2ccccc2N1C(=O)CC[C@@H](N)C(=O)Cc1ccccc1. The number of amides is 1. The average Bonchev–Trinajstić information content (AvgIpc) is 3.12. The van der Waals surface area contributed by atoms with E-state index in [0.29, 0.717) is 6.42 Å². The Labute approximate surface area is 170 Å². The number of Topliss-reactive ketones (excluding diaryl/α,β-unsaturated/α-hetero) is 1. The van der Waals surface area contributed by atoms with Crippen molar-refractivity contribution in [1.29, 1.82) is 0 Å². The number of hydrogen-bond donors (Lipinski definition) is 1. The Bertz CT molecular complexity index is 881. The summed E-state index contributed by atoms with van der Waals surface area (Å²) in [6, 6.07) is 15.4. The van der Waals surface area contributed by atoms with Gasteiger partial charge in [-0.25, -0.2) is 4.79 Å². The van der Waals surface area contributed by atoms with Gasteiger partial charge >= 0.3 is 5.97 Å². The minimum Gasteiger partial charge on any atom is -0.464 e. The molecule has 0 unspecified atom stereocenters. The van der Waals surface area contributed by atoms with Crippen LogP contribution in [0.2, 0.25) is 0 Å². The van der Waals surface area contributed by atoms with Crippen LogP contribution in [0.1, 0.15) is 30.9 Å². The van der Waals surface area contributed by atoms with E-state index in [9.17, 15) is 14.4 Å². The van der Waals surface area contributed by atoms with E-state index in [0.717, 1.165) is 16.8 Å². The zero-order valence-electron chi connectivity index (χ0n) is 16.5. The van der Waals surface area contributed by atoms with Crippen molar-refractivity contribution in [3.63, 3.8) is 0 Å². The molecular weight excluding hydrogens is 368 g/mol. The van der Waals surface area contributed by atoms with E-state index in [2.05, 4.69) is 0 Å². The van der Waals surface area contributed by atoms with Crippen molar-refractivity contribution >= 4 is 23.3 Å². The maximum atomic E-state index is 13.0. The molecule has 29 heavy (non-hydrogen) atoms. The maximum absolute atomic E-state index is 13.0. The molecule has 0 spiro atoms. The fourth-order valence-corrected chi connectivity index (χ4v) is 3.61. The van der Waals surface area contributed by atoms with Gasteiger partial charge in [0.2, 0.25) is 5.91 Å². The number of nitrogens with zero attached hydrogens (tertiary/aromatic N) is 1. The smallest absolute Gasteiger partial charge is 0.329 e. The van der Waals surface area contributed by atoms with Crippen LogP contribution in [0, 0.1) is 0 Å². The molecule has 3 rings (SSSR count). The number of esters is 1. The number of benzene rings is 2. The second kappa shape index (κ2) is 9.47. The lowest BCUT2D eigenvalue weighted by Crippen LogP contribution is -2.44. The van der Waals surface area contributed by atoms with Crippen molar-refractivity contribution < 1.29 is 19.1 Å². The highest BCUT2D eigenvalue weighted by atomic mass is 16.5. The number of hydrogen-bond acceptors (Lipinski definition) is 5. The van der Waals surface area contributed by atoms with Gasteiger partial charge in [0.25, 0.3) is 0 Å². The summed E-state index contributed by atoms with van der Waals surface area (Å²) < 4.78 is 5.16. The number of para-hydroxylation sites is 1. The number of fused-ring (bicyclic) bond motifs is 1. The van der Waals surface area contributed by atoms with Crippen LogP contribution in [0.5, 0.6) is 0 Å². The van der Waals surface area contributed by atoms with E-state index < -0.39 is 18.1 Å². The first-order valence-corrected chi connectivity index (χ1v) is 9.90. The van der Waals surface area contributed by atoms with Gasteiger partial charge < -0.3 is 10.5 Å². The molecule has 2 aromatic carbocycles. The van der Waals surface area contributed by atoms with Gasteiger partial charge in [0, 0.05) is 24.9 Å². The highest BCUT2D eigenvalue weighted by Crippen LogP contribution is 2.33. The maximum Gasteiger partial charge on any atom is 0.329 e. The zero-order valence-corrected chi connectivity index (χ0v) is 16.5. The minimum atomic E-state index is -0.724. The Morgan fingerprint density at radius 3 is 2.52 bits per heavy atom. The van der Waals surface area contributed by atoms with E-state index in [1.165, 1.54) is 4.90 Å². The largest absolute Gasteiger partial charge is 0.464 e. The van der Waals surface area contributed by atoms with Gasteiger partial charge in [-0.05, 0) is 30.5 Å². The number of carbonyl (C=O) groups excluding carboxylic acids is 3. The first-order valence-electron chi connectivity index (χ1n) is 9.90. The quantitative estimate of drug-likeness (QED) is 0.695. The van der Waals surface area contributed by atoms with Crippen LogP contribution in [0.4, 0.5) is 5.69 Å². The van der Waals surface area contributed by atoms with Crippen LogP contribution in [-0.4, -0.2) is 36.4 Å². The van der Waals surface area contributed by atoms with Gasteiger partial charge in [-0.1, -0.05) is 48.5 Å². The van der Waals surface area contributed by atoms with Gasteiger partial charge in [-0.2, -0.15) is 0 Å². The second-order valence-electron chi connectivity index (χ2n) is 7.14. The third-order valence-electron chi connectivity index (χ3n) is 5.11. The van der Waals surface area contributed by atoms with Crippen LogP contribution in [0.25, 0.3) is 0 Å². The lowest BCUT2D eigenvalue weighted by molar-refractivity contribution is -0.145. The van der Waals surface area contributed by atoms with Crippen LogP contribution in [0.15, 0.2) is 54.6 Å². The molecule has 0 aromatic heterocycles. The average molecular weight is 394 g/mol. The number of ketones is 1. The predicted molar refractivity (Wildman–Crippen MR) is 110 cm³/mol. The van der Waals surface area contributed by atoms with E-state index in [4.69, 9.17) is 10.5 Å². The molecule has 152 valence electrons. The topological polar surface area (TPSA) is 89.7 Å². The molecule has 6 heteroatoms. The normalized spacial score (nSPS) is 16.2. The number of carbonyl (C=O) groups is 3. The molecular formula is C23H26N2O4. The standard InChI is InChI=1S/C23H26N2O4/c1-2-29-23(28)20-15-17-10-6-7-11-19(17)25(20)22(27)13-12-18(24)21(26)14-16-8-4-3-5-9-16/h3-11,18,20H,2,12-15,24H2,1H3/t18-,20+/m1/s1. The third kappa shape index (κ3) is 4.90. The van der Waals surface area contributed by atoms with E-state index in [1.807, 2.05) is 54.6 Å². The van der Waals surface area contributed by atoms with Crippen molar-refractivity contribution in [3.8, 4) is 0 Å². The summed E-state index contributed by atoms with van der Waals surface area (Å²) in [6.45, 7) is 2.00. The van der Waals surface area contributed by atoms with E-state index in [1.54, 1.807) is 6.92 Å². The third-order valence-corrected chi connectivity index (χ3v) is 5.11. The van der Waals surface area contributed by atoms with Crippen LogP contribution < -0.4 is 10.6 Å². The highest BCUT2D eigenvalue weighted by Gasteiger charge is 2.39. The molecule has 1 heterocycles. The Morgan fingerprint density at radius 2 is 1.79 bits per heavy atom. The Morgan fingerprint density at radius 1 is 1.10 bits per heavy atom. The summed E-state index contributed by atoms with van der Waals surface area (Å²) in [5, 5.41) is 0. The van der Waals surface area contributed by atoms with Gasteiger partial charge in [-0.15, -0.1) is 0 Å². The van der Waals surface area contributed by atoms with E-state index >= 15 is 0 Å². The molecule has 2 N–H and O–H groups in total. The summed E-state index contributed by atoms with van der Waals surface area (Å²) in [6.07, 6.45) is 0.999. The highest BCUT2D eigenvalue weighted by molar-refractivity contribution is 6.02. The summed E-state index contributed by atoms with van der Waals surface area (Å²) in [7, 11) is 0. The molecule has 0 fully saturated rings. The summed E-state index contributed by atoms with van der Waals surface area (Å²) >= 11 is 0. The van der Waals surface area contributed by atoms with Crippen molar-refractivity contribution in [1.82, 2.24) is 0 Å². The van der Waals surface area contributed by atoms with Gasteiger partial charge in [-0.3, -0.25) is 14.5 Å². The van der Waals surface area contributed by atoms with Gasteiger partial charge in [0.15, 0.2) is 5.78 Å². The molecule has 0 radical (unpaired) electrons. The number of nitrogens with two attached hydrogens (primary N) is 1. The molecule has 0 saturated carbocycles. The van der Waals surface area contributed by atoms with E-state index in [-0.39, 0.29) is 37.6 Å². The Balaban J connectivity index is 1.64. The van der Waals surface area contributed by atoms with Crippen molar-refractivity contribution in [2.75, 3.05) is 11.5 Å². The fraction of sp³-hybridized carbons (Fsp3) is 0.348. The first-order chi connectivity index (χ1) is 14.0. The van der Waals surface area contributed by atoms with Gasteiger partial charge in [0.05, 0.1) is 12.6 Å². The predicted octanol–water partition coefficient (Wildman–Crippen LogP) is 2.43. The summed E-state index contributed by atoms with van der Waals surface area (Å²) in [5.74, 6) is -0.745. The van der Waals surface area contributed by atoms with Crippen LogP contribution in [0.3, 0.4) is 0 Å². The van der Waals surface area contributed by atoms with Crippen LogP contribution >= 0.6 is 0 Å². The molecule has 0 bridgehead atoms. The summed E-state index contributed by atoms with van der Waals surface area (Å²) in [5.41, 5.74) is 8.59. The molecule has 6 nitrogen and oxygen atoms in total. The summed E-state index contributed by atoms with van der Waals surface area (Å²) in [4.78, 5) is 39.2. The first kappa shape index (κ1) is 20.7. The lowest BCUT2D eigenvalue weighted by atomic mass is 10.0. The molecule has 0 aliphatic carbocycles. The van der Waals surface area contributed by atoms with Gasteiger partial charge in [0.1, 0.15) is 6.04 Å². The molecule has 2 aromatic rings. The van der Waals surface area contributed by atoms with Crippen molar-refractivity contribution in [2.24, 2.45) is 5.73 Å². The Kier molecular flexibility index (Phi) is 6.77. The number of rotatable bonds is 8. The zero-order chi connectivity index (χ0) is 20.8. The van der Waals surface area contributed by atoms with Crippen LogP contribution in [-0.2, 0) is 32.0 Å².